The van der Waals surface area contributed by atoms with Gasteiger partial charge in [-0.05, 0) is 51.0 Å². The van der Waals surface area contributed by atoms with Gasteiger partial charge in [0, 0.05) is 11.3 Å². The zero-order chi connectivity index (χ0) is 16.6. The van der Waals surface area contributed by atoms with Crippen LogP contribution in [0.2, 0.25) is 0 Å². The van der Waals surface area contributed by atoms with E-state index in [1.807, 2.05) is 42.8 Å². The lowest BCUT2D eigenvalue weighted by Crippen LogP contribution is -2.43. The summed E-state index contributed by atoms with van der Waals surface area (Å²) < 4.78 is 7.03. The van der Waals surface area contributed by atoms with Crippen molar-refractivity contribution >= 4 is 5.91 Å². The van der Waals surface area contributed by atoms with E-state index in [1.165, 1.54) is 0 Å². The van der Waals surface area contributed by atoms with Crippen molar-refractivity contribution in [2.24, 2.45) is 5.73 Å². The number of nitrogens with two attached hydrogens (primary N) is 1. The number of hydrogen-bond donors (Lipinski definition) is 2. The highest BCUT2D eigenvalue weighted by Gasteiger charge is 2.46. The number of methoxy groups -OCH3 is 1. The minimum atomic E-state index is -0.659. The molecule has 1 aliphatic carbocycles. The third kappa shape index (κ3) is 2.94. The highest BCUT2D eigenvalue weighted by Crippen LogP contribution is 2.33. The van der Waals surface area contributed by atoms with Gasteiger partial charge in [0.05, 0.1) is 30.6 Å². The molecule has 0 spiro atoms. The molecule has 1 aromatic heterocycles. The molecule has 6 heteroatoms. The first kappa shape index (κ1) is 15.6. The first-order valence-corrected chi connectivity index (χ1v) is 7.73. The van der Waals surface area contributed by atoms with E-state index in [1.54, 1.807) is 13.3 Å². The van der Waals surface area contributed by atoms with Crippen LogP contribution in [0.1, 0.15) is 37.1 Å². The molecule has 0 saturated heterocycles. The van der Waals surface area contributed by atoms with E-state index in [0.717, 1.165) is 35.5 Å². The number of carbonyl (C=O) groups is 1. The monoisotopic (exact) mass is 314 g/mol. The van der Waals surface area contributed by atoms with Crippen LogP contribution in [-0.2, 0) is 4.79 Å². The number of nitrogens with one attached hydrogen (secondary N) is 1. The fraction of sp³-hybridized carbons (Fsp3) is 0.412. The third-order valence-corrected chi connectivity index (χ3v) is 4.42. The van der Waals surface area contributed by atoms with Gasteiger partial charge < -0.3 is 15.8 Å². The first-order valence-electron chi connectivity index (χ1n) is 7.73. The second-order valence-electron chi connectivity index (χ2n) is 6.15. The average molecular weight is 314 g/mol. The predicted molar refractivity (Wildman–Crippen MR) is 87.6 cm³/mol. The number of carbonyl (C=O) groups excluding carboxylic acids is 1. The lowest BCUT2D eigenvalue weighted by atomic mass is 10.1. The summed E-state index contributed by atoms with van der Waals surface area (Å²) in [6.45, 7) is 3.94. The largest absolute Gasteiger partial charge is 0.497 e. The Morgan fingerprint density at radius 2 is 2.04 bits per heavy atom. The fourth-order valence-corrected chi connectivity index (χ4v) is 2.61. The molecule has 0 aliphatic heterocycles. The van der Waals surface area contributed by atoms with Crippen LogP contribution in [0.4, 0.5) is 0 Å². The first-order chi connectivity index (χ1) is 10.9. The van der Waals surface area contributed by atoms with Gasteiger partial charge in [0.25, 0.3) is 0 Å². The van der Waals surface area contributed by atoms with Gasteiger partial charge in [0.2, 0.25) is 5.91 Å². The van der Waals surface area contributed by atoms with Crippen molar-refractivity contribution in [3.05, 3.63) is 41.7 Å². The van der Waals surface area contributed by atoms with Crippen molar-refractivity contribution in [3.8, 4) is 11.4 Å². The van der Waals surface area contributed by atoms with Crippen LogP contribution in [0.5, 0.6) is 5.75 Å². The Morgan fingerprint density at radius 3 is 2.61 bits per heavy atom. The molecule has 0 bridgehead atoms. The summed E-state index contributed by atoms with van der Waals surface area (Å²) in [6.07, 6.45) is 3.31. The summed E-state index contributed by atoms with van der Waals surface area (Å²) >= 11 is 0. The molecule has 2 aromatic rings. The molecular formula is C17H22N4O2. The molecule has 23 heavy (non-hydrogen) atoms. The van der Waals surface area contributed by atoms with Crippen LogP contribution in [0, 0.1) is 6.92 Å². The van der Waals surface area contributed by atoms with Gasteiger partial charge in [0.15, 0.2) is 0 Å². The van der Waals surface area contributed by atoms with Crippen LogP contribution in [-0.4, -0.2) is 28.3 Å². The lowest BCUT2D eigenvalue weighted by Gasteiger charge is -2.17. The summed E-state index contributed by atoms with van der Waals surface area (Å²) in [5, 5.41) is 7.43. The summed E-state index contributed by atoms with van der Waals surface area (Å²) in [6, 6.07) is 7.56. The Bertz CT molecular complexity index is 717. The van der Waals surface area contributed by atoms with Gasteiger partial charge in [-0.3, -0.25) is 4.79 Å². The molecule has 1 aliphatic rings. The van der Waals surface area contributed by atoms with Crippen LogP contribution in [0.25, 0.3) is 5.69 Å². The van der Waals surface area contributed by atoms with Crippen LogP contribution < -0.4 is 15.8 Å². The Balaban J connectivity index is 1.79. The molecule has 1 heterocycles. The van der Waals surface area contributed by atoms with Crippen LogP contribution in [0.3, 0.4) is 0 Å². The molecule has 3 rings (SSSR count). The average Bonchev–Trinajstić information content (AvgIpc) is 3.19. The van der Waals surface area contributed by atoms with Gasteiger partial charge in [-0.1, -0.05) is 0 Å². The van der Waals surface area contributed by atoms with Crippen molar-refractivity contribution in [1.29, 1.82) is 0 Å². The molecule has 1 fully saturated rings. The summed E-state index contributed by atoms with van der Waals surface area (Å²) in [4.78, 5) is 12.1. The van der Waals surface area contributed by atoms with E-state index >= 15 is 0 Å². The summed E-state index contributed by atoms with van der Waals surface area (Å²) in [5.74, 6) is 0.721. The second kappa shape index (κ2) is 5.70. The number of rotatable bonds is 5. The van der Waals surface area contributed by atoms with E-state index < -0.39 is 5.54 Å². The quantitative estimate of drug-likeness (QED) is 0.882. The highest BCUT2D eigenvalue weighted by molar-refractivity contribution is 5.89. The van der Waals surface area contributed by atoms with Gasteiger partial charge in [-0.15, -0.1) is 0 Å². The lowest BCUT2D eigenvalue weighted by molar-refractivity contribution is -0.123. The minimum Gasteiger partial charge on any atom is -0.497 e. The molecule has 1 atom stereocenters. The minimum absolute atomic E-state index is 0.0819. The smallest absolute Gasteiger partial charge is 0.240 e. The van der Waals surface area contributed by atoms with Crippen molar-refractivity contribution in [2.75, 3.05) is 7.11 Å². The molecule has 1 amide bonds. The fourth-order valence-electron chi connectivity index (χ4n) is 2.61. The Kier molecular flexibility index (Phi) is 3.85. The number of aromatic nitrogens is 2. The van der Waals surface area contributed by atoms with Gasteiger partial charge >= 0.3 is 0 Å². The Labute approximate surface area is 135 Å². The van der Waals surface area contributed by atoms with Crippen LogP contribution in [0.15, 0.2) is 30.5 Å². The van der Waals surface area contributed by atoms with E-state index in [2.05, 4.69) is 10.4 Å². The van der Waals surface area contributed by atoms with E-state index in [0.29, 0.717) is 0 Å². The van der Waals surface area contributed by atoms with Crippen molar-refractivity contribution in [2.45, 2.75) is 38.3 Å². The maximum absolute atomic E-state index is 12.1. The number of ether oxygens (including phenoxy) is 1. The highest BCUT2D eigenvalue weighted by atomic mass is 16.5. The molecule has 122 valence electrons. The number of benzene rings is 1. The summed E-state index contributed by atoms with van der Waals surface area (Å²) in [7, 11) is 1.64. The van der Waals surface area contributed by atoms with Crippen molar-refractivity contribution in [1.82, 2.24) is 15.1 Å². The molecule has 0 radical (unpaired) electrons. The topological polar surface area (TPSA) is 82.2 Å². The van der Waals surface area contributed by atoms with E-state index in [4.69, 9.17) is 10.5 Å². The van der Waals surface area contributed by atoms with Gasteiger partial charge in [-0.2, -0.15) is 5.10 Å². The third-order valence-electron chi connectivity index (χ3n) is 4.42. The van der Waals surface area contributed by atoms with Gasteiger partial charge in [-0.25, -0.2) is 4.68 Å². The predicted octanol–water partition coefficient (Wildman–Crippen LogP) is 1.86. The maximum Gasteiger partial charge on any atom is 0.240 e. The molecule has 1 unspecified atom stereocenters. The number of nitrogens with zero attached hydrogens (tertiary/aromatic N) is 2. The Hall–Kier alpha value is -2.34. The molecule has 1 saturated carbocycles. The second-order valence-corrected chi connectivity index (χ2v) is 6.15. The number of hydrogen-bond acceptors (Lipinski definition) is 4. The van der Waals surface area contributed by atoms with E-state index in [9.17, 15) is 4.79 Å². The van der Waals surface area contributed by atoms with Crippen molar-refractivity contribution < 1.29 is 9.53 Å². The zero-order valence-corrected chi connectivity index (χ0v) is 13.7. The zero-order valence-electron chi connectivity index (χ0n) is 13.7. The molecule has 1 aromatic carbocycles. The van der Waals surface area contributed by atoms with Crippen molar-refractivity contribution in [3.63, 3.8) is 0 Å². The van der Waals surface area contributed by atoms with Crippen LogP contribution >= 0.6 is 0 Å². The summed E-state index contributed by atoms with van der Waals surface area (Å²) in [5.41, 5.74) is 8.20. The molecule has 3 N–H and O–H groups in total. The van der Waals surface area contributed by atoms with E-state index in [-0.39, 0.29) is 11.9 Å². The Morgan fingerprint density at radius 1 is 1.39 bits per heavy atom. The SMILES string of the molecule is COc1ccc(-n2ncc(C(C)NC(=O)C3(N)CC3)c2C)cc1. The molecular weight excluding hydrogens is 292 g/mol. The normalized spacial score (nSPS) is 16.7. The standard InChI is InChI=1S/C17H22N4O2/c1-11(20-16(22)17(18)8-9-17)15-10-19-21(12(15)2)13-4-6-14(23-3)7-5-13/h4-7,10-11H,8-9,18H2,1-3H3,(H,20,22). The molecule has 6 nitrogen and oxygen atoms in total. The number of amides is 1. The maximum atomic E-state index is 12.1. The van der Waals surface area contributed by atoms with Gasteiger partial charge in [0.1, 0.15) is 5.75 Å².